The van der Waals surface area contributed by atoms with Gasteiger partial charge in [-0.1, -0.05) is 48.5 Å². The number of aromatic hydroxyl groups is 2. The zero-order valence-electron chi connectivity index (χ0n) is 15.8. The maximum Gasteiger partial charge on any atom is 0.167 e. The van der Waals surface area contributed by atoms with Crippen molar-refractivity contribution in [2.24, 2.45) is 0 Å². The third-order valence-electron chi connectivity index (χ3n) is 4.50. The molecule has 0 saturated heterocycles. The molecular formula is C23H22O5. The van der Waals surface area contributed by atoms with Crippen molar-refractivity contribution in [1.29, 1.82) is 0 Å². The largest absolute Gasteiger partial charge is 0.507 e. The molecule has 0 saturated carbocycles. The quantitative estimate of drug-likeness (QED) is 0.593. The van der Waals surface area contributed by atoms with E-state index in [2.05, 4.69) is 0 Å². The van der Waals surface area contributed by atoms with Crippen LogP contribution in [0.3, 0.4) is 0 Å². The maximum absolute atomic E-state index is 11.9. The number of para-hydroxylation sites is 1. The van der Waals surface area contributed by atoms with E-state index in [0.717, 1.165) is 11.1 Å². The van der Waals surface area contributed by atoms with Gasteiger partial charge in [-0.2, -0.15) is 0 Å². The molecule has 0 aliphatic carbocycles. The summed E-state index contributed by atoms with van der Waals surface area (Å²) in [4.78, 5) is 11.9. The van der Waals surface area contributed by atoms with Crippen molar-refractivity contribution >= 4 is 5.78 Å². The minimum atomic E-state index is -0.343. The van der Waals surface area contributed by atoms with Crippen LogP contribution in [0.1, 0.15) is 34.0 Å². The van der Waals surface area contributed by atoms with Gasteiger partial charge in [0.25, 0.3) is 0 Å². The molecule has 0 amide bonds. The third-order valence-corrected chi connectivity index (χ3v) is 4.50. The number of hydrogen-bond acceptors (Lipinski definition) is 5. The summed E-state index contributed by atoms with van der Waals surface area (Å²) in [6.45, 7) is 1.74. The Morgan fingerprint density at radius 3 is 2.32 bits per heavy atom. The van der Waals surface area contributed by atoms with Crippen LogP contribution in [0.5, 0.6) is 23.0 Å². The van der Waals surface area contributed by atoms with E-state index in [9.17, 15) is 15.0 Å². The second-order valence-corrected chi connectivity index (χ2v) is 6.42. The standard InChI is InChI=1S/C23H22O5/c1-15(24)22-21(27-2)13-19(25)18(23(22)26)12-17-10-6-7-11-20(17)28-14-16-8-4-3-5-9-16/h3-11,13,25-26H,12,14H2,1-2H3. The van der Waals surface area contributed by atoms with Crippen LogP contribution >= 0.6 is 0 Å². The van der Waals surface area contributed by atoms with E-state index in [1.165, 1.54) is 20.1 Å². The molecule has 0 heterocycles. The lowest BCUT2D eigenvalue weighted by Gasteiger charge is -2.16. The monoisotopic (exact) mass is 378 g/mol. The van der Waals surface area contributed by atoms with E-state index in [-0.39, 0.29) is 40.6 Å². The number of Topliss-reactive ketones (excluding diaryl/α,β-unsaturated/α-hetero) is 1. The Bertz CT molecular complexity index is 980. The fourth-order valence-corrected chi connectivity index (χ4v) is 3.06. The number of ketones is 1. The third kappa shape index (κ3) is 4.09. The van der Waals surface area contributed by atoms with Crippen LogP contribution in [-0.4, -0.2) is 23.1 Å². The lowest BCUT2D eigenvalue weighted by atomic mass is 9.97. The Morgan fingerprint density at radius 2 is 1.64 bits per heavy atom. The Morgan fingerprint density at radius 1 is 0.964 bits per heavy atom. The number of carbonyl (C=O) groups excluding carboxylic acids is 1. The van der Waals surface area contributed by atoms with Gasteiger partial charge in [-0.3, -0.25) is 4.79 Å². The molecule has 5 nitrogen and oxygen atoms in total. The van der Waals surface area contributed by atoms with Gasteiger partial charge in [0.05, 0.1) is 7.11 Å². The highest BCUT2D eigenvalue weighted by Crippen LogP contribution is 2.40. The Hall–Kier alpha value is -3.47. The van der Waals surface area contributed by atoms with Crippen LogP contribution in [-0.2, 0) is 13.0 Å². The predicted octanol–water partition coefficient (Wildman–Crippen LogP) is 4.48. The number of phenols is 2. The number of hydrogen-bond donors (Lipinski definition) is 2. The van der Waals surface area contributed by atoms with Crippen LogP contribution in [0.25, 0.3) is 0 Å². The van der Waals surface area contributed by atoms with Crippen LogP contribution < -0.4 is 9.47 Å². The number of rotatable bonds is 7. The molecular weight excluding hydrogens is 356 g/mol. The number of phenolic OH excluding ortho intramolecular Hbond substituents is 2. The zero-order chi connectivity index (χ0) is 20.1. The summed E-state index contributed by atoms with van der Waals surface area (Å²) in [6.07, 6.45) is 0.201. The van der Waals surface area contributed by atoms with Crippen molar-refractivity contribution in [3.63, 3.8) is 0 Å². The summed E-state index contributed by atoms with van der Waals surface area (Å²) in [5.74, 6) is 0.0221. The predicted molar refractivity (Wildman–Crippen MR) is 106 cm³/mol. The first-order valence-electron chi connectivity index (χ1n) is 8.88. The Balaban J connectivity index is 1.92. The molecule has 28 heavy (non-hydrogen) atoms. The first-order chi connectivity index (χ1) is 13.5. The van der Waals surface area contributed by atoms with Crippen molar-refractivity contribution in [3.05, 3.63) is 82.9 Å². The number of ether oxygens (including phenoxy) is 2. The van der Waals surface area contributed by atoms with Crippen molar-refractivity contribution in [3.8, 4) is 23.0 Å². The molecule has 0 aliphatic rings. The minimum absolute atomic E-state index is 0.0537. The summed E-state index contributed by atoms with van der Waals surface area (Å²) in [5.41, 5.74) is 2.12. The van der Waals surface area contributed by atoms with Gasteiger partial charge in [0.1, 0.15) is 35.2 Å². The molecule has 0 aliphatic heterocycles. The Labute approximate surface area is 163 Å². The summed E-state index contributed by atoms with van der Waals surface area (Å²) in [7, 11) is 1.38. The SMILES string of the molecule is COc1cc(O)c(Cc2ccccc2OCc2ccccc2)c(O)c1C(C)=O. The smallest absolute Gasteiger partial charge is 0.167 e. The first-order valence-corrected chi connectivity index (χ1v) is 8.88. The molecule has 0 fully saturated rings. The van der Waals surface area contributed by atoms with Gasteiger partial charge in [-0.25, -0.2) is 0 Å². The van der Waals surface area contributed by atoms with E-state index >= 15 is 0 Å². The average molecular weight is 378 g/mol. The molecule has 2 N–H and O–H groups in total. The molecule has 0 unspecified atom stereocenters. The summed E-state index contributed by atoms with van der Waals surface area (Å²) < 4.78 is 11.1. The topological polar surface area (TPSA) is 76.0 Å². The molecule has 144 valence electrons. The molecule has 0 atom stereocenters. The molecule has 0 spiro atoms. The zero-order valence-corrected chi connectivity index (χ0v) is 15.8. The van der Waals surface area contributed by atoms with Crippen molar-refractivity contribution in [2.45, 2.75) is 20.0 Å². The van der Waals surface area contributed by atoms with Crippen LogP contribution in [0.2, 0.25) is 0 Å². The van der Waals surface area contributed by atoms with E-state index in [0.29, 0.717) is 12.4 Å². The molecule has 0 aromatic heterocycles. The van der Waals surface area contributed by atoms with Gasteiger partial charge >= 0.3 is 0 Å². The van der Waals surface area contributed by atoms with E-state index < -0.39 is 0 Å². The van der Waals surface area contributed by atoms with Gasteiger partial charge in [-0.05, 0) is 24.1 Å². The number of benzene rings is 3. The van der Waals surface area contributed by atoms with Crippen LogP contribution in [0, 0.1) is 0 Å². The highest BCUT2D eigenvalue weighted by molar-refractivity contribution is 6.00. The summed E-state index contributed by atoms with van der Waals surface area (Å²) in [6, 6.07) is 18.5. The van der Waals surface area contributed by atoms with Gasteiger partial charge < -0.3 is 19.7 Å². The molecule has 0 radical (unpaired) electrons. The summed E-state index contributed by atoms with van der Waals surface area (Å²) in [5, 5.41) is 21.0. The van der Waals surface area contributed by atoms with Gasteiger partial charge in [0.15, 0.2) is 5.78 Å². The maximum atomic E-state index is 11.9. The minimum Gasteiger partial charge on any atom is -0.507 e. The number of carbonyl (C=O) groups is 1. The number of methoxy groups -OCH3 is 1. The first kappa shape index (κ1) is 19.3. The second-order valence-electron chi connectivity index (χ2n) is 6.42. The van der Waals surface area contributed by atoms with Crippen LogP contribution in [0.15, 0.2) is 60.7 Å². The highest BCUT2D eigenvalue weighted by atomic mass is 16.5. The lowest BCUT2D eigenvalue weighted by molar-refractivity contribution is 0.101. The normalized spacial score (nSPS) is 10.5. The fraction of sp³-hybridized carbons (Fsp3) is 0.174. The Kier molecular flexibility index (Phi) is 5.84. The molecule has 5 heteroatoms. The van der Waals surface area contributed by atoms with Gasteiger partial charge in [0, 0.05) is 18.1 Å². The molecule has 3 aromatic carbocycles. The molecule has 3 rings (SSSR count). The second kappa shape index (κ2) is 8.48. The van der Waals surface area contributed by atoms with Gasteiger partial charge in [-0.15, -0.1) is 0 Å². The van der Waals surface area contributed by atoms with Crippen molar-refractivity contribution in [2.75, 3.05) is 7.11 Å². The highest BCUT2D eigenvalue weighted by Gasteiger charge is 2.22. The lowest BCUT2D eigenvalue weighted by Crippen LogP contribution is -2.03. The fourth-order valence-electron chi connectivity index (χ4n) is 3.06. The van der Waals surface area contributed by atoms with Crippen molar-refractivity contribution in [1.82, 2.24) is 0 Å². The van der Waals surface area contributed by atoms with E-state index in [1.807, 2.05) is 54.6 Å². The summed E-state index contributed by atoms with van der Waals surface area (Å²) >= 11 is 0. The van der Waals surface area contributed by atoms with Crippen LogP contribution in [0.4, 0.5) is 0 Å². The van der Waals surface area contributed by atoms with Gasteiger partial charge in [0.2, 0.25) is 0 Å². The van der Waals surface area contributed by atoms with E-state index in [4.69, 9.17) is 9.47 Å². The molecule has 3 aromatic rings. The van der Waals surface area contributed by atoms with Crippen molar-refractivity contribution < 1.29 is 24.5 Å². The van der Waals surface area contributed by atoms with E-state index in [1.54, 1.807) is 0 Å². The average Bonchev–Trinajstić information content (AvgIpc) is 2.70. The molecule has 0 bridgehead atoms.